The minimum absolute atomic E-state index is 0.0897. The standard InChI is InChI=1S/C24H29N3O2/c1-15-26-20-11-9-8-10-18(20)22(29)27(15)25-14-16-12-17(23(2,3)4)13-19(21(16)28)24(5,6)7/h8-14,28H,1-7H3/b25-14+. The van der Waals surface area contributed by atoms with Crippen LogP contribution in [0.2, 0.25) is 0 Å². The molecule has 1 heterocycles. The van der Waals surface area contributed by atoms with E-state index < -0.39 is 0 Å². The predicted molar refractivity (Wildman–Crippen MR) is 119 cm³/mol. The first-order valence-corrected chi connectivity index (χ1v) is 9.80. The molecule has 0 spiro atoms. The summed E-state index contributed by atoms with van der Waals surface area (Å²) in [7, 11) is 0. The van der Waals surface area contributed by atoms with Crippen LogP contribution in [0.15, 0.2) is 46.3 Å². The molecular weight excluding hydrogens is 362 g/mol. The number of hydrogen-bond donors (Lipinski definition) is 1. The number of rotatable bonds is 2. The molecule has 5 heteroatoms. The van der Waals surface area contributed by atoms with Gasteiger partial charge in [0.1, 0.15) is 11.6 Å². The van der Waals surface area contributed by atoms with Crippen LogP contribution in [-0.2, 0) is 10.8 Å². The lowest BCUT2D eigenvalue weighted by Crippen LogP contribution is -2.21. The Morgan fingerprint density at radius 2 is 1.69 bits per heavy atom. The molecule has 0 saturated carbocycles. The molecule has 0 saturated heterocycles. The molecule has 0 radical (unpaired) electrons. The first-order valence-electron chi connectivity index (χ1n) is 9.80. The number of benzene rings is 2. The van der Waals surface area contributed by atoms with Gasteiger partial charge in [0, 0.05) is 11.1 Å². The number of para-hydroxylation sites is 1. The lowest BCUT2D eigenvalue weighted by molar-refractivity contribution is 0.444. The summed E-state index contributed by atoms with van der Waals surface area (Å²) in [6.07, 6.45) is 1.55. The average molecular weight is 392 g/mol. The highest BCUT2D eigenvalue weighted by molar-refractivity contribution is 5.85. The molecule has 1 N–H and O–H groups in total. The molecule has 2 aromatic carbocycles. The van der Waals surface area contributed by atoms with Crippen molar-refractivity contribution in [3.63, 3.8) is 0 Å². The highest BCUT2D eigenvalue weighted by Gasteiger charge is 2.24. The molecule has 3 rings (SSSR count). The zero-order valence-electron chi connectivity index (χ0n) is 18.2. The monoisotopic (exact) mass is 391 g/mol. The van der Waals surface area contributed by atoms with E-state index in [9.17, 15) is 9.90 Å². The van der Waals surface area contributed by atoms with Crippen LogP contribution in [0.3, 0.4) is 0 Å². The van der Waals surface area contributed by atoms with E-state index >= 15 is 0 Å². The van der Waals surface area contributed by atoms with Crippen LogP contribution in [0.4, 0.5) is 0 Å². The summed E-state index contributed by atoms with van der Waals surface area (Å²) in [6, 6.07) is 11.2. The molecule has 0 aliphatic rings. The molecule has 0 amide bonds. The first-order chi connectivity index (χ1) is 13.4. The predicted octanol–water partition coefficient (Wildman–Crippen LogP) is 4.89. The van der Waals surface area contributed by atoms with E-state index in [0.717, 1.165) is 11.1 Å². The summed E-state index contributed by atoms with van der Waals surface area (Å²) < 4.78 is 1.28. The number of phenols is 1. The summed E-state index contributed by atoms with van der Waals surface area (Å²) in [5.74, 6) is 0.682. The van der Waals surface area contributed by atoms with Crippen LogP contribution in [0, 0.1) is 6.92 Å². The Labute approximate surface area is 171 Å². The minimum atomic E-state index is -0.231. The lowest BCUT2D eigenvalue weighted by Gasteiger charge is -2.26. The number of fused-ring (bicyclic) bond motifs is 1. The molecule has 0 aliphatic heterocycles. The first kappa shape index (κ1) is 20.8. The third-order valence-corrected chi connectivity index (χ3v) is 5.04. The van der Waals surface area contributed by atoms with E-state index in [-0.39, 0.29) is 22.1 Å². The summed E-state index contributed by atoms with van der Waals surface area (Å²) >= 11 is 0. The van der Waals surface area contributed by atoms with Gasteiger partial charge in [-0.15, -0.1) is 0 Å². The van der Waals surface area contributed by atoms with Gasteiger partial charge in [-0.25, -0.2) is 4.98 Å². The average Bonchev–Trinajstić information content (AvgIpc) is 2.60. The summed E-state index contributed by atoms with van der Waals surface area (Å²) in [5.41, 5.74) is 2.64. The number of aromatic nitrogens is 2. The molecule has 0 unspecified atom stereocenters. The fourth-order valence-corrected chi connectivity index (χ4v) is 3.25. The van der Waals surface area contributed by atoms with Gasteiger partial charge in [0.2, 0.25) is 0 Å². The van der Waals surface area contributed by atoms with Crippen LogP contribution < -0.4 is 5.56 Å². The van der Waals surface area contributed by atoms with Crippen molar-refractivity contribution in [2.24, 2.45) is 5.10 Å². The summed E-state index contributed by atoms with van der Waals surface area (Å²) in [4.78, 5) is 17.3. The number of hydrogen-bond acceptors (Lipinski definition) is 4. The zero-order chi connectivity index (χ0) is 21.6. The van der Waals surface area contributed by atoms with Gasteiger partial charge in [-0.1, -0.05) is 59.7 Å². The van der Waals surface area contributed by atoms with Crippen LogP contribution in [0.25, 0.3) is 10.9 Å². The van der Waals surface area contributed by atoms with Crippen LogP contribution in [0.1, 0.15) is 64.1 Å². The zero-order valence-corrected chi connectivity index (χ0v) is 18.2. The van der Waals surface area contributed by atoms with Gasteiger partial charge in [0.05, 0.1) is 17.1 Å². The van der Waals surface area contributed by atoms with Crippen molar-refractivity contribution in [3.05, 3.63) is 69.3 Å². The molecule has 3 aromatic rings. The second-order valence-electron chi connectivity index (χ2n) is 9.50. The van der Waals surface area contributed by atoms with Gasteiger partial charge < -0.3 is 5.11 Å². The van der Waals surface area contributed by atoms with Crippen molar-refractivity contribution < 1.29 is 5.11 Å². The number of phenolic OH excluding ortho intramolecular Hbond substituents is 1. The van der Waals surface area contributed by atoms with Crippen molar-refractivity contribution in [2.45, 2.75) is 59.3 Å². The maximum absolute atomic E-state index is 12.9. The van der Waals surface area contributed by atoms with Gasteiger partial charge >= 0.3 is 0 Å². The van der Waals surface area contributed by atoms with Gasteiger partial charge in [-0.2, -0.15) is 9.78 Å². The van der Waals surface area contributed by atoms with E-state index in [1.165, 1.54) is 4.68 Å². The second-order valence-corrected chi connectivity index (χ2v) is 9.50. The van der Waals surface area contributed by atoms with Gasteiger partial charge in [0.15, 0.2) is 0 Å². The summed E-state index contributed by atoms with van der Waals surface area (Å²) in [5, 5.41) is 15.8. The molecule has 29 heavy (non-hydrogen) atoms. The fraction of sp³-hybridized carbons (Fsp3) is 0.375. The minimum Gasteiger partial charge on any atom is -0.507 e. The molecule has 5 nitrogen and oxygen atoms in total. The summed E-state index contributed by atoms with van der Waals surface area (Å²) in [6.45, 7) is 14.3. The Kier molecular flexibility index (Phi) is 5.11. The van der Waals surface area contributed by atoms with Crippen molar-refractivity contribution in [3.8, 4) is 5.75 Å². The van der Waals surface area contributed by atoms with Gasteiger partial charge in [0.25, 0.3) is 5.56 Å². The largest absolute Gasteiger partial charge is 0.507 e. The van der Waals surface area contributed by atoms with Crippen molar-refractivity contribution in [1.29, 1.82) is 0 Å². The van der Waals surface area contributed by atoms with Gasteiger partial charge in [-0.05, 0) is 41.5 Å². The van der Waals surface area contributed by atoms with E-state index in [4.69, 9.17) is 0 Å². The van der Waals surface area contributed by atoms with Gasteiger partial charge in [-0.3, -0.25) is 4.79 Å². The maximum atomic E-state index is 12.9. The normalized spacial score (nSPS) is 12.8. The molecule has 0 aliphatic carbocycles. The molecule has 152 valence electrons. The Morgan fingerprint density at radius 3 is 2.31 bits per heavy atom. The maximum Gasteiger partial charge on any atom is 0.282 e. The van der Waals surface area contributed by atoms with Crippen molar-refractivity contribution in [1.82, 2.24) is 9.66 Å². The quantitative estimate of drug-likeness (QED) is 0.633. The Bertz CT molecular complexity index is 1160. The fourth-order valence-electron chi connectivity index (χ4n) is 3.25. The topological polar surface area (TPSA) is 67.5 Å². The number of aromatic hydroxyl groups is 1. The molecule has 0 bridgehead atoms. The van der Waals surface area contributed by atoms with E-state index in [1.807, 2.05) is 24.3 Å². The third kappa shape index (κ3) is 4.09. The highest BCUT2D eigenvalue weighted by Crippen LogP contribution is 2.37. The van der Waals surface area contributed by atoms with Crippen LogP contribution >= 0.6 is 0 Å². The SMILES string of the molecule is Cc1nc2ccccc2c(=O)n1/N=C/c1cc(C(C)(C)C)cc(C(C)(C)C)c1O. The molecule has 1 aromatic heterocycles. The van der Waals surface area contributed by atoms with E-state index in [1.54, 1.807) is 19.2 Å². The Balaban J connectivity index is 2.19. The smallest absolute Gasteiger partial charge is 0.282 e. The number of nitrogens with zero attached hydrogens (tertiary/aromatic N) is 3. The van der Waals surface area contributed by atoms with E-state index in [2.05, 4.69) is 57.7 Å². The lowest BCUT2D eigenvalue weighted by atomic mass is 9.79. The van der Waals surface area contributed by atoms with E-state index in [0.29, 0.717) is 22.3 Å². The molecule has 0 fully saturated rings. The van der Waals surface area contributed by atoms with Crippen LogP contribution in [-0.4, -0.2) is 21.0 Å². The second kappa shape index (κ2) is 7.14. The van der Waals surface area contributed by atoms with Crippen molar-refractivity contribution >= 4 is 17.1 Å². The third-order valence-electron chi connectivity index (χ3n) is 5.04. The number of aryl methyl sites for hydroxylation is 1. The Hall–Kier alpha value is -2.95. The van der Waals surface area contributed by atoms with Crippen LogP contribution in [0.5, 0.6) is 5.75 Å². The Morgan fingerprint density at radius 1 is 1.03 bits per heavy atom. The molecular formula is C24H29N3O2. The highest BCUT2D eigenvalue weighted by atomic mass is 16.3. The van der Waals surface area contributed by atoms with Crippen molar-refractivity contribution in [2.75, 3.05) is 0 Å². The molecule has 0 atom stereocenters.